The Morgan fingerprint density at radius 2 is 1.52 bits per heavy atom. The molecule has 1 atom stereocenters. The monoisotopic (exact) mass is 617 g/mol. The van der Waals surface area contributed by atoms with E-state index < -0.39 is 11.1 Å². The van der Waals surface area contributed by atoms with E-state index >= 15 is 0 Å². The number of nitrogens with one attached hydrogen (secondary N) is 1. The Labute approximate surface area is 260 Å². The lowest BCUT2D eigenvalue weighted by atomic mass is 9.88. The van der Waals surface area contributed by atoms with Crippen molar-refractivity contribution in [2.24, 2.45) is 5.92 Å². The van der Waals surface area contributed by atoms with Crippen LogP contribution in [0, 0.1) is 5.92 Å². The van der Waals surface area contributed by atoms with Crippen molar-refractivity contribution >= 4 is 28.7 Å². The fraction of sp³-hybridized carbons (Fsp3) is 0.394. The average Bonchev–Trinajstić information content (AvgIpc) is 3.05. The molecule has 0 spiro atoms. The maximum Gasteiger partial charge on any atom is 0.270 e. The van der Waals surface area contributed by atoms with Crippen molar-refractivity contribution in [1.82, 2.24) is 20.1 Å². The van der Waals surface area contributed by atoms with E-state index in [1.54, 1.807) is 48.4 Å². The number of carbonyl (C=O) groups is 3. The van der Waals surface area contributed by atoms with E-state index in [1.165, 1.54) is 11.8 Å². The van der Waals surface area contributed by atoms with Crippen molar-refractivity contribution in [2.75, 3.05) is 33.3 Å². The van der Waals surface area contributed by atoms with E-state index in [0.29, 0.717) is 42.6 Å². The van der Waals surface area contributed by atoms with Gasteiger partial charge in [-0.05, 0) is 61.1 Å². The van der Waals surface area contributed by atoms with Crippen LogP contribution in [0.4, 0.5) is 0 Å². The zero-order valence-electron chi connectivity index (χ0n) is 24.8. The number of methoxy groups -OCH3 is 1. The molecule has 11 heteroatoms. The lowest BCUT2D eigenvalue weighted by Gasteiger charge is -2.32. The highest BCUT2D eigenvalue weighted by Gasteiger charge is 2.29. The van der Waals surface area contributed by atoms with E-state index in [-0.39, 0.29) is 41.0 Å². The first kappa shape index (κ1) is 31.5. The first-order valence-electron chi connectivity index (χ1n) is 14.9. The highest BCUT2D eigenvalue weighted by atomic mass is 32.2. The summed E-state index contributed by atoms with van der Waals surface area (Å²) < 4.78 is 27.0. The number of nitrogens with zero attached hydrogens (tertiary/aromatic N) is 3. The van der Waals surface area contributed by atoms with E-state index in [2.05, 4.69) is 27.3 Å². The summed E-state index contributed by atoms with van der Waals surface area (Å²) in [5.74, 6) is 0.154. The van der Waals surface area contributed by atoms with Crippen LogP contribution in [0.1, 0.15) is 68.0 Å². The Kier molecular flexibility index (Phi) is 10.5. The van der Waals surface area contributed by atoms with Gasteiger partial charge in [0, 0.05) is 62.2 Å². The number of ketones is 1. The predicted octanol–water partition coefficient (Wildman–Crippen LogP) is 3.60. The molecule has 44 heavy (non-hydrogen) atoms. The fourth-order valence-corrected chi connectivity index (χ4v) is 6.27. The van der Waals surface area contributed by atoms with Crippen molar-refractivity contribution in [2.45, 2.75) is 44.0 Å². The Morgan fingerprint density at radius 3 is 2.11 bits per heavy atom. The van der Waals surface area contributed by atoms with Crippen LogP contribution in [0.5, 0.6) is 5.75 Å². The lowest BCUT2D eigenvalue weighted by Crippen LogP contribution is -2.44. The largest absolute Gasteiger partial charge is 0.772 e. The van der Waals surface area contributed by atoms with Gasteiger partial charge < -0.3 is 19.5 Å². The van der Waals surface area contributed by atoms with Crippen molar-refractivity contribution in [3.63, 3.8) is 0 Å². The first-order valence-corrected chi connectivity index (χ1v) is 16.1. The molecule has 0 saturated carbocycles. The Bertz CT molecular complexity index is 1460. The number of Topliss-reactive ketones (excluding diaryl/α,β-unsaturated/α-hetero) is 1. The van der Waals surface area contributed by atoms with Gasteiger partial charge in [-0.3, -0.25) is 28.5 Å². The van der Waals surface area contributed by atoms with Gasteiger partial charge in [0.15, 0.2) is 5.78 Å². The molecule has 232 valence electrons. The van der Waals surface area contributed by atoms with Crippen LogP contribution in [0.15, 0.2) is 66.9 Å². The van der Waals surface area contributed by atoms with Gasteiger partial charge >= 0.3 is 0 Å². The average molecular weight is 618 g/mol. The third-order valence-corrected chi connectivity index (χ3v) is 8.98. The predicted molar refractivity (Wildman–Crippen MR) is 165 cm³/mol. The Hall–Kier alpha value is -3.93. The van der Waals surface area contributed by atoms with Gasteiger partial charge in [0.25, 0.3) is 11.8 Å². The number of likely N-dealkylation sites (tertiary alicyclic amines) is 2. The minimum absolute atomic E-state index is 0.00633. The van der Waals surface area contributed by atoms with Crippen molar-refractivity contribution in [1.29, 1.82) is 0 Å². The quantitative estimate of drug-likeness (QED) is 0.270. The molecular formula is C33H37N4O6S-. The third-order valence-electron chi connectivity index (χ3n) is 8.41. The molecule has 5 rings (SSSR count). The van der Waals surface area contributed by atoms with Crippen LogP contribution < -0.4 is 10.1 Å². The van der Waals surface area contributed by atoms with Gasteiger partial charge in [-0.1, -0.05) is 47.5 Å². The molecule has 1 N–H and O–H groups in total. The highest BCUT2D eigenvalue weighted by molar-refractivity contribution is 7.78. The molecular weight excluding hydrogens is 580 g/mol. The number of pyridine rings is 1. The molecule has 2 fully saturated rings. The lowest BCUT2D eigenvalue weighted by molar-refractivity contribution is 0.0649. The minimum Gasteiger partial charge on any atom is -0.772 e. The fourth-order valence-electron chi connectivity index (χ4n) is 5.80. The second kappa shape index (κ2) is 14.7. The van der Waals surface area contributed by atoms with E-state index in [9.17, 15) is 23.1 Å². The van der Waals surface area contributed by atoms with Gasteiger partial charge in [0.05, 0.1) is 12.7 Å². The summed E-state index contributed by atoms with van der Waals surface area (Å²) in [5.41, 5.74) is 3.09. The molecule has 2 saturated heterocycles. The minimum atomic E-state index is -2.18. The number of benzene rings is 2. The number of hydrogen-bond acceptors (Lipinski definition) is 8. The van der Waals surface area contributed by atoms with Gasteiger partial charge in [0.1, 0.15) is 11.4 Å². The molecule has 0 aliphatic carbocycles. The number of rotatable bonds is 10. The standard InChI is InChI=1S/C33H38N4O6S/c1-43-29-9-4-23(5-10-29)21-36-16-14-28(15-17-36)35-32(39)30-11-8-27(20-34-30)33(40)37-18-12-26(13-19-37)31(38)25-6-2-24(3-7-25)22-44(41)42/h2-11,20,26,28H,12-19,21-22H2,1H3,(H,35,39)(H,41,42)/p-1. The number of aromatic nitrogens is 1. The summed E-state index contributed by atoms with van der Waals surface area (Å²) in [5, 5.41) is 3.09. The van der Waals surface area contributed by atoms with E-state index in [1.807, 2.05) is 12.1 Å². The number of amides is 2. The summed E-state index contributed by atoms with van der Waals surface area (Å²) in [7, 11) is 1.66. The van der Waals surface area contributed by atoms with Gasteiger partial charge in [-0.2, -0.15) is 0 Å². The second-order valence-electron chi connectivity index (χ2n) is 11.4. The molecule has 0 bridgehead atoms. The molecule has 1 aromatic heterocycles. The molecule has 3 heterocycles. The SMILES string of the molecule is COc1ccc(CN2CCC(NC(=O)c3ccc(C(=O)N4CCC(C(=O)c5ccc(CS(=O)[O-])cc5)CC4)cn3)CC2)cc1. The maximum absolute atomic E-state index is 13.1. The summed E-state index contributed by atoms with van der Waals surface area (Å²) in [6, 6.07) is 18.0. The van der Waals surface area contributed by atoms with Crippen LogP contribution in [-0.2, 0) is 23.4 Å². The van der Waals surface area contributed by atoms with Crippen molar-refractivity contribution in [3.8, 4) is 5.75 Å². The summed E-state index contributed by atoms with van der Waals surface area (Å²) in [4.78, 5) is 47.3. The number of hydrogen-bond donors (Lipinski definition) is 1. The van der Waals surface area contributed by atoms with Crippen LogP contribution in [0.2, 0.25) is 0 Å². The summed E-state index contributed by atoms with van der Waals surface area (Å²) >= 11 is -2.18. The molecule has 2 amide bonds. The van der Waals surface area contributed by atoms with Crippen LogP contribution in [0.25, 0.3) is 0 Å². The highest BCUT2D eigenvalue weighted by Crippen LogP contribution is 2.24. The number of ether oxygens (including phenoxy) is 1. The van der Waals surface area contributed by atoms with Gasteiger partial charge in [-0.25, -0.2) is 0 Å². The second-order valence-corrected chi connectivity index (χ2v) is 12.3. The van der Waals surface area contributed by atoms with Crippen LogP contribution in [-0.4, -0.2) is 80.5 Å². The van der Waals surface area contributed by atoms with Crippen molar-refractivity contribution in [3.05, 3.63) is 94.8 Å². The molecule has 0 radical (unpaired) electrons. The maximum atomic E-state index is 13.1. The zero-order chi connectivity index (χ0) is 31.1. The third kappa shape index (κ3) is 8.16. The normalized spacial score (nSPS) is 17.2. The first-order chi connectivity index (χ1) is 21.3. The van der Waals surface area contributed by atoms with Crippen LogP contribution in [0.3, 0.4) is 0 Å². The molecule has 10 nitrogen and oxygen atoms in total. The van der Waals surface area contributed by atoms with E-state index in [4.69, 9.17) is 4.74 Å². The number of carbonyl (C=O) groups excluding carboxylic acids is 3. The van der Waals surface area contributed by atoms with Crippen molar-refractivity contribution < 1.29 is 27.9 Å². The van der Waals surface area contributed by atoms with Crippen LogP contribution >= 0.6 is 0 Å². The summed E-state index contributed by atoms with van der Waals surface area (Å²) in [6.45, 7) is 3.53. The van der Waals surface area contributed by atoms with Gasteiger partial charge in [-0.15, -0.1) is 0 Å². The number of piperidine rings is 2. The Balaban J connectivity index is 1.06. The molecule has 3 aromatic rings. The smallest absolute Gasteiger partial charge is 0.270 e. The zero-order valence-corrected chi connectivity index (χ0v) is 25.6. The molecule has 1 unspecified atom stereocenters. The Morgan fingerprint density at radius 1 is 0.886 bits per heavy atom. The van der Waals surface area contributed by atoms with Gasteiger partial charge in [0.2, 0.25) is 0 Å². The topological polar surface area (TPSA) is 132 Å². The summed E-state index contributed by atoms with van der Waals surface area (Å²) in [6.07, 6.45) is 4.24. The molecule has 2 aliphatic rings. The molecule has 2 aliphatic heterocycles. The molecule has 2 aromatic carbocycles. The van der Waals surface area contributed by atoms with E-state index in [0.717, 1.165) is 38.2 Å².